The van der Waals surface area contributed by atoms with Gasteiger partial charge in [0.2, 0.25) is 0 Å². The number of benzene rings is 1. The maximum absolute atomic E-state index is 9.19. The molecule has 3 N–H and O–H groups in total. The van der Waals surface area contributed by atoms with Gasteiger partial charge in [0.25, 0.3) is 0 Å². The van der Waals surface area contributed by atoms with E-state index in [0.29, 0.717) is 5.69 Å². The molecule has 0 fully saturated rings. The zero-order valence-corrected chi connectivity index (χ0v) is 6.36. The summed E-state index contributed by atoms with van der Waals surface area (Å²) in [7, 11) is 0. The van der Waals surface area contributed by atoms with Gasteiger partial charge in [-0.1, -0.05) is 0 Å². The number of phenols is 1. The largest absolute Gasteiger partial charge is 0.508 e. The fourth-order valence-corrected chi connectivity index (χ4v) is 1.20. The fraction of sp³-hybridized carbons (Fsp3) is 0. The number of nitrogen functional groups attached to an aromatic ring is 1. The summed E-state index contributed by atoms with van der Waals surface area (Å²) in [6.45, 7) is 0. The second kappa shape index (κ2) is 2.37. The van der Waals surface area contributed by atoms with Crippen molar-refractivity contribution in [1.29, 1.82) is 0 Å². The Morgan fingerprint density at radius 2 is 2.17 bits per heavy atom. The van der Waals surface area contributed by atoms with Crippen LogP contribution in [0.1, 0.15) is 0 Å². The number of phenolic OH excluding ortho intramolecular Hbond substituents is 1. The van der Waals surface area contributed by atoms with Crippen LogP contribution in [0, 0.1) is 0 Å². The van der Waals surface area contributed by atoms with E-state index in [-0.39, 0.29) is 5.75 Å². The summed E-state index contributed by atoms with van der Waals surface area (Å²) < 4.78 is 0. The molecular formula is C9H8N2O. The van der Waals surface area contributed by atoms with Crippen molar-refractivity contribution in [1.82, 2.24) is 4.98 Å². The number of nitrogens with two attached hydrogens (primary N) is 1. The van der Waals surface area contributed by atoms with E-state index in [4.69, 9.17) is 5.73 Å². The summed E-state index contributed by atoms with van der Waals surface area (Å²) >= 11 is 0. The molecule has 0 radical (unpaired) electrons. The van der Waals surface area contributed by atoms with Crippen LogP contribution >= 0.6 is 0 Å². The Morgan fingerprint density at radius 3 is 3.00 bits per heavy atom. The number of fused-ring (bicyclic) bond motifs is 1. The third-order valence-corrected chi connectivity index (χ3v) is 1.74. The van der Waals surface area contributed by atoms with Gasteiger partial charge >= 0.3 is 0 Å². The van der Waals surface area contributed by atoms with Crippen LogP contribution in [0.5, 0.6) is 5.75 Å². The predicted molar refractivity (Wildman–Crippen MR) is 47.8 cm³/mol. The van der Waals surface area contributed by atoms with Crippen LogP contribution in [0.4, 0.5) is 5.69 Å². The first-order valence-electron chi connectivity index (χ1n) is 3.60. The summed E-state index contributed by atoms with van der Waals surface area (Å²) in [5.41, 5.74) is 6.93. The molecule has 0 amide bonds. The molecule has 1 aromatic heterocycles. The molecule has 0 bridgehead atoms. The number of rotatable bonds is 0. The van der Waals surface area contributed by atoms with Crippen molar-refractivity contribution in [3.63, 3.8) is 0 Å². The van der Waals surface area contributed by atoms with E-state index in [1.54, 1.807) is 12.3 Å². The Balaban J connectivity index is 2.89. The van der Waals surface area contributed by atoms with Gasteiger partial charge in [-0.2, -0.15) is 0 Å². The van der Waals surface area contributed by atoms with Gasteiger partial charge in [0.15, 0.2) is 0 Å². The maximum Gasteiger partial charge on any atom is 0.119 e. The molecule has 0 saturated heterocycles. The third-order valence-electron chi connectivity index (χ3n) is 1.74. The topological polar surface area (TPSA) is 59.1 Å². The van der Waals surface area contributed by atoms with Crippen molar-refractivity contribution >= 4 is 16.6 Å². The van der Waals surface area contributed by atoms with Crippen LogP contribution in [0.2, 0.25) is 0 Å². The van der Waals surface area contributed by atoms with Gasteiger partial charge in [-0.3, -0.25) is 4.98 Å². The molecule has 0 spiro atoms. The lowest BCUT2D eigenvalue weighted by Crippen LogP contribution is -1.87. The fourth-order valence-electron chi connectivity index (χ4n) is 1.20. The molecule has 0 aliphatic heterocycles. The van der Waals surface area contributed by atoms with Crippen molar-refractivity contribution in [2.75, 3.05) is 5.73 Å². The van der Waals surface area contributed by atoms with Crippen LogP contribution in [0.3, 0.4) is 0 Å². The minimum absolute atomic E-state index is 0.152. The number of aromatic nitrogens is 1. The monoisotopic (exact) mass is 160 g/mol. The molecule has 60 valence electrons. The minimum Gasteiger partial charge on any atom is -0.508 e. The molecule has 0 aliphatic rings. The van der Waals surface area contributed by atoms with Crippen molar-refractivity contribution in [3.05, 3.63) is 30.5 Å². The smallest absolute Gasteiger partial charge is 0.119 e. The lowest BCUT2D eigenvalue weighted by Gasteiger charge is -2.00. The van der Waals surface area contributed by atoms with Gasteiger partial charge in [-0.25, -0.2) is 0 Å². The van der Waals surface area contributed by atoms with Crippen LogP contribution < -0.4 is 5.73 Å². The summed E-state index contributed by atoms with van der Waals surface area (Å²) in [5, 5.41) is 10.1. The molecule has 0 saturated carbocycles. The van der Waals surface area contributed by atoms with Crippen molar-refractivity contribution in [3.8, 4) is 5.75 Å². The zero-order chi connectivity index (χ0) is 8.55. The highest BCUT2D eigenvalue weighted by atomic mass is 16.3. The first-order valence-corrected chi connectivity index (χ1v) is 3.60. The molecule has 3 heteroatoms. The highest BCUT2D eigenvalue weighted by Crippen LogP contribution is 2.24. The van der Waals surface area contributed by atoms with E-state index >= 15 is 0 Å². The second-order valence-corrected chi connectivity index (χ2v) is 2.61. The maximum atomic E-state index is 9.19. The Labute approximate surface area is 69.5 Å². The molecule has 0 aliphatic carbocycles. The van der Waals surface area contributed by atoms with E-state index in [0.717, 1.165) is 10.9 Å². The minimum atomic E-state index is 0.152. The lowest BCUT2D eigenvalue weighted by molar-refractivity contribution is 0.476. The van der Waals surface area contributed by atoms with Gasteiger partial charge in [0.05, 0.1) is 5.52 Å². The van der Waals surface area contributed by atoms with E-state index in [9.17, 15) is 5.11 Å². The summed E-state index contributed by atoms with van der Waals surface area (Å²) in [6.07, 6.45) is 1.67. The second-order valence-electron chi connectivity index (χ2n) is 2.61. The van der Waals surface area contributed by atoms with Gasteiger partial charge < -0.3 is 10.8 Å². The van der Waals surface area contributed by atoms with Gasteiger partial charge in [-0.15, -0.1) is 0 Å². The molecule has 0 unspecified atom stereocenters. The predicted octanol–water partition coefficient (Wildman–Crippen LogP) is 1.52. The van der Waals surface area contributed by atoms with Gasteiger partial charge in [-0.05, 0) is 12.1 Å². The SMILES string of the molecule is Nc1cc(O)cc2ncccc12. The number of pyridine rings is 1. The quantitative estimate of drug-likeness (QED) is 0.574. The highest BCUT2D eigenvalue weighted by molar-refractivity contribution is 5.91. The van der Waals surface area contributed by atoms with Crippen LogP contribution in [0.15, 0.2) is 30.5 Å². The Morgan fingerprint density at radius 1 is 1.33 bits per heavy atom. The standard InChI is InChI=1S/C9H8N2O/c10-8-4-6(12)5-9-7(8)2-1-3-11-9/h1-5,12H,10H2. The van der Waals surface area contributed by atoms with Gasteiger partial charge in [0, 0.05) is 29.4 Å². The molecule has 2 aromatic rings. The number of anilines is 1. The highest BCUT2D eigenvalue weighted by Gasteiger charge is 1.99. The molecule has 12 heavy (non-hydrogen) atoms. The van der Waals surface area contributed by atoms with E-state index < -0.39 is 0 Å². The number of aromatic hydroxyl groups is 1. The Hall–Kier alpha value is -1.77. The third kappa shape index (κ3) is 0.955. The van der Waals surface area contributed by atoms with Crippen molar-refractivity contribution < 1.29 is 5.11 Å². The van der Waals surface area contributed by atoms with E-state index in [1.807, 2.05) is 12.1 Å². The van der Waals surface area contributed by atoms with Crippen molar-refractivity contribution in [2.24, 2.45) is 0 Å². The number of hydrogen-bond acceptors (Lipinski definition) is 3. The molecule has 2 rings (SSSR count). The lowest BCUT2D eigenvalue weighted by atomic mass is 10.2. The van der Waals surface area contributed by atoms with Gasteiger partial charge in [0.1, 0.15) is 5.75 Å². The number of hydrogen-bond donors (Lipinski definition) is 2. The molecule has 1 aromatic carbocycles. The average Bonchev–Trinajstić information content (AvgIpc) is 2.04. The van der Waals surface area contributed by atoms with Crippen molar-refractivity contribution in [2.45, 2.75) is 0 Å². The first-order chi connectivity index (χ1) is 5.77. The Bertz CT molecular complexity index is 426. The molecule has 0 atom stereocenters. The number of nitrogens with zero attached hydrogens (tertiary/aromatic N) is 1. The molecular weight excluding hydrogens is 152 g/mol. The van der Waals surface area contributed by atoms with Crippen LogP contribution in [-0.2, 0) is 0 Å². The van der Waals surface area contributed by atoms with E-state index in [1.165, 1.54) is 6.07 Å². The normalized spacial score (nSPS) is 10.3. The Kier molecular flexibility index (Phi) is 1.37. The molecule has 1 heterocycles. The van der Waals surface area contributed by atoms with Crippen LogP contribution in [0.25, 0.3) is 10.9 Å². The first kappa shape index (κ1) is 6.91. The summed E-state index contributed by atoms with van der Waals surface area (Å²) in [6, 6.07) is 6.79. The summed E-state index contributed by atoms with van der Waals surface area (Å²) in [4.78, 5) is 4.06. The van der Waals surface area contributed by atoms with E-state index in [2.05, 4.69) is 4.98 Å². The average molecular weight is 160 g/mol. The molecule has 3 nitrogen and oxygen atoms in total. The summed E-state index contributed by atoms with van der Waals surface area (Å²) in [5.74, 6) is 0.152. The van der Waals surface area contributed by atoms with Crippen LogP contribution in [-0.4, -0.2) is 10.1 Å². The zero-order valence-electron chi connectivity index (χ0n) is 6.36.